The lowest BCUT2D eigenvalue weighted by molar-refractivity contribution is 0.168. The molecule has 0 saturated heterocycles. The smallest absolute Gasteiger partial charge is 0.208 e. The first-order valence-corrected chi connectivity index (χ1v) is 9.72. The van der Waals surface area contributed by atoms with E-state index in [0.717, 1.165) is 17.5 Å². The minimum Gasteiger partial charge on any atom is -0.291 e. The maximum absolute atomic E-state index is 13.6. The van der Waals surface area contributed by atoms with Gasteiger partial charge in [-0.05, 0) is 23.8 Å². The fourth-order valence-electron chi connectivity index (χ4n) is 2.88. The Morgan fingerprint density at radius 1 is 1.42 bits per heavy atom. The molecule has 0 spiro atoms. The summed E-state index contributed by atoms with van der Waals surface area (Å²) < 4.78 is 40.7. The van der Waals surface area contributed by atoms with Crippen LogP contribution in [0.15, 0.2) is 30.5 Å². The van der Waals surface area contributed by atoms with E-state index in [0.29, 0.717) is 19.6 Å². The van der Waals surface area contributed by atoms with Crippen LogP contribution >= 0.6 is 11.6 Å². The second-order valence-electron chi connectivity index (χ2n) is 5.96. The topological polar surface area (TPSA) is 67.2 Å². The van der Waals surface area contributed by atoms with Crippen LogP contribution in [-0.4, -0.2) is 42.4 Å². The molecule has 1 aromatic heterocycles. The third-order valence-electron chi connectivity index (χ3n) is 3.92. The molecule has 0 saturated carbocycles. The monoisotopic (exact) mass is 372 g/mol. The van der Waals surface area contributed by atoms with Gasteiger partial charge >= 0.3 is 0 Å². The first kappa shape index (κ1) is 17.3. The summed E-state index contributed by atoms with van der Waals surface area (Å²) in [4.78, 5) is 2.13. The van der Waals surface area contributed by atoms with Crippen LogP contribution in [0.2, 0.25) is 5.02 Å². The molecule has 0 unspecified atom stereocenters. The maximum Gasteiger partial charge on any atom is 0.208 e. The SMILES string of the molecule is CS(=O)(=O)NC[C@H]1CN(Cc2ccc(Cl)c(F)c2)Cc2ccnn21. The Morgan fingerprint density at radius 3 is 2.92 bits per heavy atom. The molecule has 1 atom stereocenters. The Labute approximate surface area is 145 Å². The Bertz CT molecular complexity index is 840. The average molecular weight is 373 g/mol. The molecule has 3 rings (SSSR count). The number of nitrogens with one attached hydrogen (secondary N) is 1. The Kier molecular flexibility index (Phi) is 4.91. The number of benzene rings is 1. The van der Waals surface area contributed by atoms with Gasteiger partial charge in [-0.3, -0.25) is 9.58 Å². The number of fused-ring (bicyclic) bond motifs is 1. The standard InChI is InChI=1S/C15H18ClFN4O2S/c1-24(22,23)19-7-13-10-20(9-12-4-5-18-21(12)13)8-11-2-3-14(16)15(17)6-11/h2-6,13,19H,7-10H2,1H3/t13-/m0/s1. The van der Waals surface area contributed by atoms with Gasteiger partial charge in [-0.15, -0.1) is 0 Å². The van der Waals surface area contributed by atoms with Crippen molar-refractivity contribution in [1.82, 2.24) is 19.4 Å². The molecule has 0 amide bonds. The highest BCUT2D eigenvalue weighted by Crippen LogP contribution is 2.23. The van der Waals surface area contributed by atoms with Crippen molar-refractivity contribution >= 4 is 21.6 Å². The summed E-state index contributed by atoms with van der Waals surface area (Å²) in [6.07, 6.45) is 2.84. The van der Waals surface area contributed by atoms with E-state index in [1.807, 2.05) is 10.7 Å². The summed E-state index contributed by atoms with van der Waals surface area (Å²) in [7, 11) is -3.27. The molecule has 9 heteroatoms. The van der Waals surface area contributed by atoms with Crippen molar-refractivity contribution in [2.24, 2.45) is 0 Å². The van der Waals surface area contributed by atoms with E-state index in [-0.39, 0.29) is 17.6 Å². The van der Waals surface area contributed by atoms with Crippen molar-refractivity contribution in [1.29, 1.82) is 0 Å². The second-order valence-corrected chi connectivity index (χ2v) is 8.20. The lowest BCUT2D eigenvalue weighted by atomic mass is 10.1. The summed E-state index contributed by atoms with van der Waals surface area (Å²) in [5, 5.41) is 4.39. The molecule has 0 bridgehead atoms. The predicted octanol–water partition coefficient (Wildman–Crippen LogP) is 1.78. The van der Waals surface area contributed by atoms with Gasteiger partial charge in [0.05, 0.1) is 23.0 Å². The van der Waals surface area contributed by atoms with Gasteiger partial charge in [0.2, 0.25) is 10.0 Å². The van der Waals surface area contributed by atoms with Crippen LogP contribution in [0.1, 0.15) is 17.3 Å². The van der Waals surface area contributed by atoms with Gasteiger partial charge in [0.1, 0.15) is 5.82 Å². The highest BCUT2D eigenvalue weighted by atomic mass is 35.5. The zero-order valence-electron chi connectivity index (χ0n) is 13.1. The zero-order valence-corrected chi connectivity index (χ0v) is 14.7. The van der Waals surface area contributed by atoms with Gasteiger partial charge < -0.3 is 0 Å². The van der Waals surface area contributed by atoms with E-state index in [1.54, 1.807) is 18.3 Å². The van der Waals surface area contributed by atoms with E-state index in [9.17, 15) is 12.8 Å². The van der Waals surface area contributed by atoms with Crippen molar-refractivity contribution in [3.8, 4) is 0 Å². The first-order valence-electron chi connectivity index (χ1n) is 7.45. The van der Waals surface area contributed by atoms with Gasteiger partial charge in [0.15, 0.2) is 0 Å². The largest absolute Gasteiger partial charge is 0.291 e. The summed E-state index contributed by atoms with van der Waals surface area (Å²) in [5.74, 6) is -0.438. The van der Waals surface area contributed by atoms with Crippen molar-refractivity contribution in [2.45, 2.75) is 19.1 Å². The molecule has 0 aliphatic carbocycles. The molecule has 1 aromatic carbocycles. The first-order chi connectivity index (χ1) is 11.3. The van der Waals surface area contributed by atoms with Gasteiger partial charge in [-0.2, -0.15) is 5.10 Å². The lowest BCUT2D eigenvalue weighted by Gasteiger charge is -2.34. The van der Waals surface area contributed by atoms with Crippen LogP contribution in [0.5, 0.6) is 0 Å². The van der Waals surface area contributed by atoms with E-state index >= 15 is 0 Å². The number of sulfonamides is 1. The van der Waals surface area contributed by atoms with Crippen molar-refractivity contribution in [3.05, 3.63) is 52.6 Å². The normalized spacial score (nSPS) is 18.5. The Balaban J connectivity index is 1.75. The van der Waals surface area contributed by atoms with Gasteiger partial charge in [0, 0.05) is 32.4 Å². The van der Waals surface area contributed by atoms with Gasteiger partial charge in [-0.1, -0.05) is 17.7 Å². The molecule has 2 heterocycles. The highest BCUT2D eigenvalue weighted by molar-refractivity contribution is 7.88. The Hall–Kier alpha value is -1.48. The number of rotatable bonds is 5. The van der Waals surface area contributed by atoms with E-state index in [1.165, 1.54) is 6.07 Å². The van der Waals surface area contributed by atoms with E-state index in [4.69, 9.17) is 11.6 Å². The molecule has 0 radical (unpaired) electrons. The molecule has 6 nitrogen and oxygen atoms in total. The number of hydrogen-bond donors (Lipinski definition) is 1. The van der Waals surface area contributed by atoms with E-state index in [2.05, 4.69) is 14.7 Å². The maximum atomic E-state index is 13.6. The molecule has 0 fully saturated rings. The molecule has 1 aliphatic rings. The van der Waals surface area contributed by atoms with Gasteiger partial charge in [0.25, 0.3) is 0 Å². The van der Waals surface area contributed by atoms with Crippen LogP contribution in [0.4, 0.5) is 4.39 Å². The number of aromatic nitrogens is 2. The van der Waals surface area contributed by atoms with E-state index < -0.39 is 15.8 Å². The van der Waals surface area contributed by atoms with Gasteiger partial charge in [-0.25, -0.2) is 17.5 Å². The number of halogens is 2. The second kappa shape index (κ2) is 6.79. The minimum absolute atomic E-state index is 0.102. The summed E-state index contributed by atoms with van der Waals surface area (Å²) in [5.41, 5.74) is 1.82. The number of hydrogen-bond acceptors (Lipinski definition) is 4. The fraction of sp³-hybridized carbons (Fsp3) is 0.400. The summed E-state index contributed by atoms with van der Waals surface area (Å²) in [6, 6.07) is 6.56. The van der Waals surface area contributed by atoms with Crippen LogP contribution < -0.4 is 4.72 Å². The van der Waals surface area contributed by atoms with Crippen LogP contribution in [-0.2, 0) is 23.1 Å². The van der Waals surface area contributed by atoms with Crippen LogP contribution in [0.25, 0.3) is 0 Å². The van der Waals surface area contributed by atoms with Crippen molar-refractivity contribution in [3.63, 3.8) is 0 Å². The highest BCUT2D eigenvalue weighted by Gasteiger charge is 2.26. The summed E-state index contributed by atoms with van der Waals surface area (Å²) in [6.45, 7) is 2.09. The molecule has 130 valence electrons. The molecule has 1 aliphatic heterocycles. The van der Waals surface area contributed by atoms with Crippen molar-refractivity contribution in [2.75, 3.05) is 19.3 Å². The molecular weight excluding hydrogens is 355 g/mol. The third kappa shape index (κ3) is 4.13. The molecule has 2 aromatic rings. The quantitative estimate of drug-likeness (QED) is 0.868. The van der Waals surface area contributed by atoms with Crippen LogP contribution in [0, 0.1) is 5.82 Å². The minimum atomic E-state index is -3.27. The van der Waals surface area contributed by atoms with Crippen LogP contribution in [0.3, 0.4) is 0 Å². The number of nitrogens with zero attached hydrogens (tertiary/aromatic N) is 3. The average Bonchev–Trinajstić information content (AvgIpc) is 2.96. The molecule has 24 heavy (non-hydrogen) atoms. The third-order valence-corrected chi connectivity index (χ3v) is 4.92. The molecular formula is C15H18ClFN4O2S. The zero-order chi connectivity index (χ0) is 17.3. The predicted molar refractivity (Wildman–Crippen MR) is 89.6 cm³/mol. The Morgan fingerprint density at radius 2 is 2.21 bits per heavy atom. The molecule has 1 N–H and O–H groups in total. The lowest BCUT2D eigenvalue weighted by Crippen LogP contribution is -2.42. The van der Waals surface area contributed by atoms with Crippen molar-refractivity contribution < 1.29 is 12.8 Å². The summed E-state index contributed by atoms with van der Waals surface area (Å²) >= 11 is 5.72. The fourth-order valence-corrected chi connectivity index (χ4v) is 3.49.